The molecule has 1 N–H and O–H groups in total. The Morgan fingerprint density at radius 1 is 1.20 bits per heavy atom. The third-order valence-electron chi connectivity index (χ3n) is 3.21. The molecule has 0 aliphatic rings. The van der Waals surface area contributed by atoms with Crippen molar-refractivity contribution in [2.45, 2.75) is 6.54 Å². The maximum atomic E-state index is 12.1. The SMILES string of the molecule is C#CCOc1cccc(NC(=O)Cn2nnc(-c3ccccc3)n2)c1. The van der Waals surface area contributed by atoms with Crippen LogP contribution in [0, 0.1) is 12.3 Å². The van der Waals surface area contributed by atoms with Crippen molar-refractivity contribution in [2.75, 3.05) is 11.9 Å². The largest absolute Gasteiger partial charge is 0.481 e. The van der Waals surface area contributed by atoms with Crippen molar-refractivity contribution in [3.63, 3.8) is 0 Å². The van der Waals surface area contributed by atoms with Crippen LogP contribution in [-0.4, -0.2) is 32.7 Å². The standard InChI is InChI=1S/C18H15N5O2/c1-2-11-25-16-10-6-9-15(12-16)19-17(24)13-23-21-18(20-22-23)14-7-4-3-5-8-14/h1,3-10,12H,11,13H2,(H,19,24). The van der Waals surface area contributed by atoms with Crippen LogP contribution in [0.1, 0.15) is 0 Å². The van der Waals surface area contributed by atoms with Gasteiger partial charge in [0, 0.05) is 17.3 Å². The molecule has 0 unspecified atom stereocenters. The van der Waals surface area contributed by atoms with Gasteiger partial charge in [-0.15, -0.1) is 16.6 Å². The molecule has 2 aromatic carbocycles. The van der Waals surface area contributed by atoms with E-state index in [0.717, 1.165) is 5.56 Å². The van der Waals surface area contributed by atoms with Crippen LogP contribution in [0.4, 0.5) is 5.69 Å². The third-order valence-corrected chi connectivity index (χ3v) is 3.21. The zero-order valence-electron chi connectivity index (χ0n) is 13.3. The van der Waals surface area contributed by atoms with Crippen molar-refractivity contribution >= 4 is 11.6 Å². The quantitative estimate of drug-likeness (QED) is 0.698. The predicted molar refractivity (Wildman–Crippen MR) is 92.7 cm³/mol. The first-order valence-corrected chi connectivity index (χ1v) is 7.54. The Morgan fingerprint density at radius 3 is 2.84 bits per heavy atom. The van der Waals surface area contributed by atoms with E-state index < -0.39 is 0 Å². The second kappa shape index (κ2) is 7.75. The Hall–Kier alpha value is -3.66. The minimum Gasteiger partial charge on any atom is -0.481 e. The molecule has 0 aliphatic heterocycles. The smallest absolute Gasteiger partial charge is 0.248 e. The first-order valence-electron chi connectivity index (χ1n) is 7.54. The lowest BCUT2D eigenvalue weighted by molar-refractivity contribution is -0.117. The highest BCUT2D eigenvalue weighted by molar-refractivity contribution is 5.90. The fourth-order valence-electron chi connectivity index (χ4n) is 2.13. The van der Waals surface area contributed by atoms with Crippen LogP contribution in [-0.2, 0) is 11.3 Å². The maximum Gasteiger partial charge on any atom is 0.248 e. The minimum absolute atomic E-state index is 0.0464. The van der Waals surface area contributed by atoms with Gasteiger partial charge in [-0.1, -0.05) is 42.3 Å². The van der Waals surface area contributed by atoms with Crippen molar-refractivity contribution in [1.82, 2.24) is 20.2 Å². The molecule has 124 valence electrons. The highest BCUT2D eigenvalue weighted by Gasteiger charge is 2.09. The van der Waals surface area contributed by atoms with Gasteiger partial charge in [-0.3, -0.25) is 4.79 Å². The van der Waals surface area contributed by atoms with E-state index in [2.05, 4.69) is 26.6 Å². The summed E-state index contributed by atoms with van der Waals surface area (Å²) in [5.74, 6) is 3.17. The molecule has 7 nitrogen and oxygen atoms in total. The number of carbonyl (C=O) groups excluding carboxylic acids is 1. The summed E-state index contributed by atoms with van der Waals surface area (Å²) >= 11 is 0. The van der Waals surface area contributed by atoms with Crippen molar-refractivity contribution in [2.24, 2.45) is 0 Å². The average molecular weight is 333 g/mol. The van der Waals surface area contributed by atoms with Gasteiger partial charge in [-0.2, -0.15) is 4.80 Å². The molecule has 1 heterocycles. The lowest BCUT2D eigenvalue weighted by Crippen LogP contribution is -2.20. The van der Waals surface area contributed by atoms with Gasteiger partial charge in [-0.25, -0.2) is 0 Å². The lowest BCUT2D eigenvalue weighted by atomic mass is 10.2. The summed E-state index contributed by atoms with van der Waals surface area (Å²) in [7, 11) is 0. The van der Waals surface area contributed by atoms with E-state index in [4.69, 9.17) is 11.2 Å². The van der Waals surface area contributed by atoms with Gasteiger partial charge in [0.25, 0.3) is 0 Å². The average Bonchev–Trinajstić information content (AvgIpc) is 3.09. The van der Waals surface area contributed by atoms with Gasteiger partial charge < -0.3 is 10.1 Å². The van der Waals surface area contributed by atoms with Crippen LogP contribution in [0.3, 0.4) is 0 Å². The molecule has 1 amide bonds. The van der Waals surface area contributed by atoms with Crippen LogP contribution in [0.15, 0.2) is 54.6 Å². The second-order valence-electron chi connectivity index (χ2n) is 5.08. The molecule has 0 spiro atoms. The van der Waals surface area contributed by atoms with E-state index in [1.807, 2.05) is 30.3 Å². The van der Waals surface area contributed by atoms with E-state index in [1.165, 1.54) is 4.80 Å². The Kier molecular flexibility index (Phi) is 5.02. The van der Waals surface area contributed by atoms with Crippen LogP contribution >= 0.6 is 0 Å². The van der Waals surface area contributed by atoms with Crippen molar-refractivity contribution in [3.05, 3.63) is 54.6 Å². The maximum absolute atomic E-state index is 12.1. The normalized spacial score (nSPS) is 10.0. The monoisotopic (exact) mass is 333 g/mol. The van der Waals surface area contributed by atoms with Gasteiger partial charge in [0.05, 0.1) is 0 Å². The number of aromatic nitrogens is 4. The van der Waals surface area contributed by atoms with E-state index >= 15 is 0 Å². The van der Waals surface area contributed by atoms with Crippen molar-refractivity contribution < 1.29 is 9.53 Å². The number of hydrogen-bond acceptors (Lipinski definition) is 5. The fraction of sp³-hybridized carbons (Fsp3) is 0.111. The Bertz CT molecular complexity index is 899. The number of tetrazole rings is 1. The van der Waals surface area contributed by atoms with Crippen LogP contribution < -0.4 is 10.1 Å². The summed E-state index contributed by atoms with van der Waals surface area (Å²) in [6.07, 6.45) is 5.16. The molecule has 7 heteroatoms. The Labute approximate surface area is 144 Å². The minimum atomic E-state index is -0.272. The van der Waals surface area contributed by atoms with Gasteiger partial charge in [-0.05, 0) is 17.3 Å². The lowest BCUT2D eigenvalue weighted by Gasteiger charge is -2.07. The molecule has 3 rings (SSSR count). The summed E-state index contributed by atoms with van der Waals surface area (Å²) in [5, 5.41) is 14.8. The molecule has 0 atom stereocenters. The number of rotatable bonds is 6. The van der Waals surface area contributed by atoms with E-state index in [0.29, 0.717) is 17.3 Å². The summed E-state index contributed by atoms with van der Waals surface area (Å²) in [5.41, 5.74) is 1.44. The zero-order chi connectivity index (χ0) is 17.5. The summed E-state index contributed by atoms with van der Waals surface area (Å²) in [6.45, 7) is 0.123. The highest BCUT2D eigenvalue weighted by Crippen LogP contribution is 2.17. The second-order valence-corrected chi connectivity index (χ2v) is 5.08. The molecule has 3 aromatic rings. The third kappa shape index (κ3) is 4.42. The topological polar surface area (TPSA) is 81.9 Å². The molecule has 0 saturated carbocycles. The van der Waals surface area contributed by atoms with Crippen LogP contribution in [0.25, 0.3) is 11.4 Å². The number of amides is 1. The number of anilines is 1. The molecule has 1 aromatic heterocycles. The van der Waals surface area contributed by atoms with Gasteiger partial charge in [0.15, 0.2) is 0 Å². The fourth-order valence-corrected chi connectivity index (χ4v) is 2.13. The number of benzene rings is 2. The van der Waals surface area contributed by atoms with Gasteiger partial charge >= 0.3 is 0 Å². The Balaban J connectivity index is 1.62. The molecule has 25 heavy (non-hydrogen) atoms. The summed E-state index contributed by atoms with van der Waals surface area (Å²) in [4.78, 5) is 13.4. The molecular weight excluding hydrogens is 318 g/mol. The van der Waals surface area contributed by atoms with Crippen molar-refractivity contribution in [1.29, 1.82) is 0 Å². The summed E-state index contributed by atoms with van der Waals surface area (Å²) < 4.78 is 5.32. The van der Waals surface area contributed by atoms with Crippen molar-refractivity contribution in [3.8, 4) is 29.5 Å². The number of ether oxygens (including phenoxy) is 1. The molecule has 0 radical (unpaired) electrons. The van der Waals surface area contributed by atoms with Gasteiger partial charge in [0.1, 0.15) is 18.9 Å². The highest BCUT2D eigenvalue weighted by atomic mass is 16.5. The molecule has 0 saturated heterocycles. The predicted octanol–water partition coefficient (Wildman–Crippen LogP) is 1.99. The number of nitrogens with one attached hydrogen (secondary N) is 1. The van der Waals surface area contributed by atoms with Gasteiger partial charge in [0.2, 0.25) is 11.7 Å². The van der Waals surface area contributed by atoms with Crippen LogP contribution in [0.2, 0.25) is 0 Å². The van der Waals surface area contributed by atoms with E-state index in [1.54, 1.807) is 24.3 Å². The first kappa shape index (κ1) is 16.2. The zero-order valence-corrected chi connectivity index (χ0v) is 13.3. The number of nitrogens with zero attached hydrogens (tertiary/aromatic N) is 4. The molecule has 0 bridgehead atoms. The molecule has 0 aliphatic carbocycles. The molecule has 0 fully saturated rings. The molecular formula is C18H15N5O2. The van der Waals surface area contributed by atoms with E-state index in [9.17, 15) is 4.79 Å². The Morgan fingerprint density at radius 2 is 2.04 bits per heavy atom. The number of hydrogen-bond donors (Lipinski definition) is 1. The number of terminal acetylenes is 1. The first-order chi connectivity index (χ1) is 12.2. The van der Waals surface area contributed by atoms with Crippen LogP contribution in [0.5, 0.6) is 5.75 Å². The number of carbonyl (C=O) groups is 1. The van der Waals surface area contributed by atoms with E-state index in [-0.39, 0.29) is 19.1 Å². The summed E-state index contributed by atoms with van der Waals surface area (Å²) in [6, 6.07) is 16.4.